The van der Waals surface area contributed by atoms with Crippen LogP contribution in [0.1, 0.15) is 24.2 Å². The van der Waals surface area contributed by atoms with Crippen LogP contribution in [0.4, 0.5) is 23.5 Å². The van der Waals surface area contributed by atoms with E-state index in [0.29, 0.717) is 16.6 Å². The van der Waals surface area contributed by atoms with Crippen LogP contribution in [-0.2, 0) is 75.8 Å². The number of hydrogen-bond acceptors (Lipinski definition) is 33. The van der Waals surface area contributed by atoms with Crippen LogP contribution in [-0.4, -0.2) is 225 Å². The number of nitrogen functional groups attached to an aromatic ring is 4. The third-order valence-electron chi connectivity index (χ3n) is 15.4. The van der Waals surface area contributed by atoms with Gasteiger partial charge in [-0.3, -0.25) is 65.3 Å². The second-order valence-electron chi connectivity index (χ2n) is 20.9. The van der Waals surface area contributed by atoms with E-state index in [0.717, 1.165) is 6.33 Å². The number of rotatable bonds is 24. The Balaban J connectivity index is 0.771. The number of fused-ring (bicyclic) bond motifs is 4. The van der Waals surface area contributed by atoms with Crippen molar-refractivity contribution < 1.29 is 94.2 Å². The number of aliphatic hydroxyl groups is 2. The molecule has 0 saturated carbocycles. The smallest absolute Gasteiger partial charge is 0.394 e. The van der Waals surface area contributed by atoms with Crippen LogP contribution in [0.3, 0.4) is 0 Å². The zero-order valence-corrected chi connectivity index (χ0v) is 49.8. The number of nitrogens with one attached hydrogen (secondary N) is 3. The lowest BCUT2D eigenvalue weighted by Crippen LogP contribution is -2.38. The van der Waals surface area contributed by atoms with E-state index >= 15 is 0 Å². The molecule has 4 fully saturated rings. The minimum Gasteiger partial charge on any atom is -0.394 e. The largest absolute Gasteiger partial charge is 0.472 e. The first kappa shape index (κ1) is 63.2. The predicted octanol–water partition coefficient (Wildman–Crippen LogP) is -2.58. The van der Waals surface area contributed by atoms with Crippen LogP contribution < -0.4 is 34.1 Å². The number of phosphoric acid groups is 3. The van der Waals surface area contributed by atoms with Crippen molar-refractivity contribution >= 4 is 91.5 Å². The summed E-state index contributed by atoms with van der Waals surface area (Å²) >= 11 is 0. The molecule has 0 radical (unpaired) electrons. The summed E-state index contributed by atoms with van der Waals surface area (Å²) in [5.74, 6) is -1.40. The number of methoxy groups -OCH3 is 3. The molecule has 0 aliphatic carbocycles. The van der Waals surface area contributed by atoms with E-state index in [1.54, 1.807) is 11.1 Å². The zero-order chi connectivity index (χ0) is 63.7. The van der Waals surface area contributed by atoms with Gasteiger partial charge >= 0.3 is 23.5 Å². The SMILES string of the molecule is CO[C@@H]1[C@H](O)[C@@H](COP(=O)(O)O[C@H]2[C@@H](OC)[C@H](n3cnc4c(=O)[nH]c(N)nc43)O[C@@H]2COP(=O)(O)O[C@H]2CN(Cc3c[nH]c4c(N)ncnc34)C[C@@H]2COP(=O)(O)OC2[C@@H](OC)[C@H](n3cnc4c(=O)[nH]c(N)nc43)O[C@@H]2CO)O[C@H]1n1cnc2c(N)ncnc21. The standard InChI is InChI=1S/C45H59N20O22P3/c1-76-31-28(67)21(83-41(31)63-14-55-25-35(47)53-13-54-36(25)63)10-80-90(74,75)87-30-22(84-43(33(30)78-3)65-16-57-27-38(65)59-45(49)61-40(27)69)11-81-88(70,71)85-19-7-62(5-17-4-50-24-23(17)51-12-52-34(24)46)6-18(19)9-79-89(72,73)86-29-20(8-66)82-42(32(29)77-2)64-15-56-26-37(64)58-44(48)60-39(26)68/h4,12-16,18-22,28-33,41-43,50,66-67H,5-11H2,1-3H3,(H,70,71)(H,72,73)(H,74,75)(H2,46,51,52)(H2,47,53,54)(H3,48,58,60,68)(H3,49,59,61,69)/t18-,19+,20-,21-,22-,28-,29?,30-,31-,32-,33-,41-,42-,43-/m1/s1. The Morgan fingerprint density at radius 2 is 1.09 bits per heavy atom. The number of anilines is 4. The van der Waals surface area contributed by atoms with Gasteiger partial charge in [0.15, 0.2) is 58.3 Å². The molecule has 4 saturated heterocycles. The monoisotopic (exact) mass is 1320 g/mol. The van der Waals surface area contributed by atoms with E-state index < -0.39 is 147 Å². The van der Waals surface area contributed by atoms with Crippen LogP contribution in [0, 0.1) is 5.92 Å². The van der Waals surface area contributed by atoms with Crippen molar-refractivity contribution in [2.45, 2.75) is 86.3 Å². The summed E-state index contributed by atoms with van der Waals surface area (Å²) in [5.41, 5.74) is 23.8. The summed E-state index contributed by atoms with van der Waals surface area (Å²) in [6, 6.07) is 0. The summed E-state index contributed by atoms with van der Waals surface area (Å²) in [7, 11) is -12.3. The highest BCUT2D eigenvalue weighted by molar-refractivity contribution is 7.48. The summed E-state index contributed by atoms with van der Waals surface area (Å²) in [6.45, 7) is -3.35. The molecular weight excluding hydrogens is 1270 g/mol. The third kappa shape index (κ3) is 12.2. The molecule has 4 unspecified atom stereocenters. The van der Waals surface area contributed by atoms with Crippen LogP contribution in [0.15, 0.2) is 47.4 Å². The van der Waals surface area contributed by atoms with Gasteiger partial charge in [0.2, 0.25) is 11.9 Å². The van der Waals surface area contributed by atoms with E-state index in [9.17, 15) is 48.2 Å². The van der Waals surface area contributed by atoms with Gasteiger partial charge in [-0.2, -0.15) is 9.97 Å². The molecule has 12 rings (SSSR count). The highest BCUT2D eigenvalue weighted by atomic mass is 31.2. The number of ether oxygens (including phenoxy) is 6. The molecular formula is C45H59N20O22P3. The Morgan fingerprint density at radius 3 is 1.69 bits per heavy atom. The maximum atomic E-state index is 14.4. The molecule has 486 valence electrons. The molecule has 4 aliphatic rings. The third-order valence-corrected chi connectivity index (χ3v) is 18.4. The quantitative estimate of drug-likeness (QED) is 0.0277. The fourth-order valence-corrected chi connectivity index (χ4v) is 14.3. The van der Waals surface area contributed by atoms with E-state index in [1.807, 2.05) is 0 Å². The zero-order valence-electron chi connectivity index (χ0n) is 47.1. The van der Waals surface area contributed by atoms with Crippen molar-refractivity contribution in [3.05, 3.63) is 64.1 Å². The first-order valence-corrected chi connectivity index (χ1v) is 31.4. The normalized spacial score (nSPS) is 29.5. The van der Waals surface area contributed by atoms with E-state index in [2.05, 4.69) is 59.8 Å². The van der Waals surface area contributed by atoms with Gasteiger partial charge in [-0.25, -0.2) is 48.6 Å². The van der Waals surface area contributed by atoms with E-state index in [-0.39, 0.29) is 76.7 Å². The predicted molar refractivity (Wildman–Crippen MR) is 301 cm³/mol. The van der Waals surface area contributed by atoms with Gasteiger partial charge in [-0.15, -0.1) is 0 Å². The first-order valence-electron chi connectivity index (χ1n) is 26.9. The van der Waals surface area contributed by atoms with Crippen molar-refractivity contribution in [1.29, 1.82) is 0 Å². The van der Waals surface area contributed by atoms with Crippen molar-refractivity contribution in [2.75, 3.05) is 83.8 Å². The molecule has 8 aromatic heterocycles. The molecule has 17 atom stereocenters. The molecule has 42 nitrogen and oxygen atoms in total. The summed E-state index contributed by atoms with van der Waals surface area (Å²) in [6.07, 6.45) is -10.5. The molecule has 16 N–H and O–H groups in total. The number of likely N-dealkylation sites (tertiary alicyclic amines) is 1. The summed E-state index contributed by atoms with van der Waals surface area (Å²) in [5, 5.41) is 21.7. The number of H-pyrrole nitrogens is 3. The van der Waals surface area contributed by atoms with Crippen LogP contribution in [0.2, 0.25) is 0 Å². The fourth-order valence-electron chi connectivity index (χ4n) is 11.4. The number of imidazole rings is 3. The van der Waals surface area contributed by atoms with Gasteiger partial charge in [0, 0.05) is 58.6 Å². The van der Waals surface area contributed by atoms with Crippen molar-refractivity contribution in [3.8, 4) is 0 Å². The topological polar surface area (TPSA) is 583 Å². The minimum atomic E-state index is -5.37. The lowest BCUT2D eigenvalue weighted by molar-refractivity contribution is -0.0628. The highest BCUT2D eigenvalue weighted by Crippen LogP contribution is 2.54. The first-order chi connectivity index (χ1) is 43.0. The number of aromatic amines is 3. The van der Waals surface area contributed by atoms with Gasteiger partial charge in [-0.05, 0) is 0 Å². The molecule has 4 aliphatic heterocycles. The number of phosphoric ester groups is 3. The number of hydrogen-bond donors (Lipinski definition) is 12. The molecule has 45 heteroatoms. The Morgan fingerprint density at radius 1 is 0.589 bits per heavy atom. The van der Waals surface area contributed by atoms with Crippen LogP contribution in [0.5, 0.6) is 0 Å². The molecule has 90 heavy (non-hydrogen) atoms. The average Bonchev–Trinajstić information content (AvgIpc) is 1.75. The number of nitrogens with two attached hydrogens (primary N) is 4. The van der Waals surface area contributed by atoms with Crippen LogP contribution in [0.25, 0.3) is 44.5 Å². The lowest BCUT2D eigenvalue weighted by atomic mass is 10.1. The maximum absolute atomic E-state index is 14.4. The molecule has 0 aromatic carbocycles. The second-order valence-corrected chi connectivity index (χ2v) is 25.1. The average molecular weight is 1330 g/mol. The van der Waals surface area contributed by atoms with Gasteiger partial charge < -0.3 is 81.2 Å². The number of aromatic nitrogens is 15. The van der Waals surface area contributed by atoms with Gasteiger partial charge in [0.05, 0.1) is 57.0 Å². The lowest BCUT2D eigenvalue weighted by Gasteiger charge is -2.27. The Kier molecular flexibility index (Phi) is 17.5. The van der Waals surface area contributed by atoms with Gasteiger partial charge in [0.1, 0.15) is 78.6 Å². The Hall–Kier alpha value is -6.96. The van der Waals surface area contributed by atoms with E-state index in [4.69, 9.17) is 78.5 Å². The Bertz CT molecular complexity index is 4230. The molecule has 0 bridgehead atoms. The van der Waals surface area contributed by atoms with E-state index in [1.165, 1.54) is 60.3 Å². The molecule has 0 spiro atoms. The van der Waals surface area contributed by atoms with Gasteiger partial charge in [-0.1, -0.05) is 0 Å². The molecule has 12 heterocycles. The summed E-state index contributed by atoms with van der Waals surface area (Å²) < 4.78 is 116. The maximum Gasteiger partial charge on any atom is 0.472 e. The number of nitrogens with zero attached hydrogens (tertiary/aromatic N) is 13. The number of aliphatic hydroxyl groups excluding tert-OH is 2. The van der Waals surface area contributed by atoms with Crippen molar-refractivity contribution in [1.82, 2.24) is 78.4 Å². The van der Waals surface area contributed by atoms with Crippen molar-refractivity contribution in [3.63, 3.8) is 0 Å². The Labute approximate surface area is 502 Å². The van der Waals surface area contributed by atoms with Gasteiger partial charge in [0.25, 0.3) is 11.1 Å². The van der Waals surface area contributed by atoms with Crippen LogP contribution >= 0.6 is 23.5 Å². The second kappa shape index (κ2) is 24.9. The molecule has 8 aromatic rings. The van der Waals surface area contributed by atoms with Crippen molar-refractivity contribution in [2.24, 2.45) is 5.92 Å². The minimum absolute atomic E-state index is 0.0392. The highest BCUT2D eigenvalue weighted by Gasteiger charge is 2.54. The summed E-state index contributed by atoms with van der Waals surface area (Å²) in [4.78, 5) is 106. The fraction of sp³-hybridized carbons (Fsp3) is 0.533. The molecule has 0 amide bonds.